The lowest BCUT2D eigenvalue weighted by atomic mass is 9.79. The highest BCUT2D eigenvalue weighted by molar-refractivity contribution is 7.10. The highest BCUT2D eigenvalue weighted by Gasteiger charge is 2.50. The van der Waals surface area contributed by atoms with E-state index >= 15 is 0 Å². The van der Waals surface area contributed by atoms with E-state index in [0.29, 0.717) is 34.0 Å². The van der Waals surface area contributed by atoms with Crippen LogP contribution in [0.2, 0.25) is 0 Å². The molecular formula is C27H23F3N2O3S. The number of carbonyl (C=O) groups is 2. The number of nitrogens with one attached hydrogen (secondary N) is 1. The van der Waals surface area contributed by atoms with Gasteiger partial charge in [-0.1, -0.05) is 24.3 Å². The first-order valence-electron chi connectivity index (χ1n) is 11.4. The summed E-state index contributed by atoms with van der Waals surface area (Å²) in [7, 11) is 1.57. The van der Waals surface area contributed by atoms with Gasteiger partial charge >= 0.3 is 12.1 Å². The first-order chi connectivity index (χ1) is 17.2. The van der Waals surface area contributed by atoms with Gasteiger partial charge in [-0.05, 0) is 66.1 Å². The molecule has 2 aromatic carbocycles. The molecule has 5 rings (SSSR count). The summed E-state index contributed by atoms with van der Waals surface area (Å²) in [5.74, 6) is -1.77. The fraction of sp³-hybridized carbons (Fsp3) is 0.259. The molecule has 2 atom stereocenters. The molecule has 2 heterocycles. The zero-order valence-electron chi connectivity index (χ0n) is 19.6. The Labute approximate surface area is 210 Å². The number of halogens is 3. The molecule has 0 fully saturated rings. The van der Waals surface area contributed by atoms with Gasteiger partial charge in [0.2, 0.25) is 0 Å². The number of thiophene rings is 1. The van der Waals surface area contributed by atoms with E-state index in [4.69, 9.17) is 4.74 Å². The van der Waals surface area contributed by atoms with Crippen LogP contribution in [0.15, 0.2) is 71.2 Å². The smallest absolute Gasteiger partial charge is 0.471 e. The van der Waals surface area contributed by atoms with Crippen LogP contribution in [0.3, 0.4) is 0 Å². The number of anilines is 2. The Morgan fingerprint density at radius 1 is 1.11 bits per heavy atom. The van der Waals surface area contributed by atoms with Crippen LogP contribution in [0, 0.1) is 6.92 Å². The quantitative estimate of drug-likeness (QED) is 0.434. The van der Waals surface area contributed by atoms with Gasteiger partial charge in [-0.2, -0.15) is 13.2 Å². The molecule has 1 amide bonds. The normalized spacial score (nSPS) is 19.8. The number of fused-ring (bicyclic) bond motifs is 1. The molecule has 0 unspecified atom stereocenters. The number of aryl methyl sites for hydroxylation is 1. The van der Waals surface area contributed by atoms with Crippen molar-refractivity contribution >= 4 is 34.4 Å². The summed E-state index contributed by atoms with van der Waals surface area (Å²) in [5, 5.41) is 4.98. The summed E-state index contributed by atoms with van der Waals surface area (Å²) >= 11 is 1.22. The molecule has 0 spiro atoms. The number of amides is 1. The van der Waals surface area contributed by atoms with Crippen molar-refractivity contribution in [3.05, 3.63) is 87.3 Å². The van der Waals surface area contributed by atoms with Gasteiger partial charge < -0.3 is 10.1 Å². The average molecular weight is 513 g/mol. The van der Waals surface area contributed by atoms with Crippen molar-refractivity contribution in [1.29, 1.82) is 0 Å². The third-order valence-corrected chi connectivity index (χ3v) is 7.52. The maximum Gasteiger partial charge on any atom is 0.471 e. The molecule has 0 bridgehead atoms. The summed E-state index contributed by atoms with van der Waals surface area (Å²) in [5.41, 5.74) is 2.82. The SMILES string of the molecule is COc1ccc([C@H]2CC(=O)C3=C(C2)Nc2ccc(C)cc2N(C(=O)C(F)(F)F)[C@H]3c2cccs2)cc1. The number of carbonyl (C=O) groups excluding carboxylic acids is 2. The van der Waals surface area contributed by atoms with Crippen molar-refractivity contribution < 1.29 is 27.5 Å². The van der Waals surface area contributed by atoms with E-state index in [2.05, 4.69) is 5.32 Å². The molecule has 1 aliphatic heterocycles. The lowest BCUT2D eigenvalue weighted by molar-refractivity contribution is -0.170. The highest BCUT2D eigenvalue weighted by Crippen LogP contribution is 2.49. The van der Waals surface area contributed by atoms with Crippen LogP contribution in [0.1, 0.15) is 40.8 Å². The number of rotatable bonds is 3. The molecule has 186 valence electrons. The number of ketones is 1. The van der Waals surface area contributed by atoms with Gasteiger partial charge in [0.05, 0.1) is 18.5 Å². The Bertz CT molecular complexity index is 1350. The second kappa shape index (κ2) is 9.13. The second-order valence-corrected chi connectivity index (χ2v) is 9.91. The first-order valence-corrected chi connectivity index (χ1v) is 12.3. The first kappa shape index (κ1) is 24.1. The maximum atomic E-state index is 13.9. The van der Waals surface area contributed by atoms with Crippen LogP contribution in [0.25, 0.3) is 0 Å². The fourth-order valence-electron chi connectivity index (χ4n) is 4.94. The fourth-order valence-corrected chi connectivity index (χ4v) is 5.76. The standard InChI is InChI=1S/C27H23F3N2O3S/c1-15-5-10-19-21(12-15)32(26(34)27(28,29)30)25(23-4-3-11-36-23)24-20(31-19)13-17(14-22(24)33)16-6-8-18(35-2)9-7-16/h3-12,17,25,31H,13-14H2,1-2H3/t17-,25+/m1/s1. The summed E-state index contributed by atoms with van der Waals surface area (Å²) in [6.45, 7) is 1.75. The summed E-state index contributed by atoms with van der Waals surface area (Å²) in [4.78, 5) is 27.8. The summed E-state index contributed by atoms with van der Waals surface area (Å²) in [6.07, 6.45) is -4.58. The lowest BCUT2D eigenvalue weighted by Gasteiger charge is -2.34. The number of nitrogens with zero attached hydrogens (tertiary/aromatic N) is 1. The molecular weight excluding hydrogens is 489 g/mol. The van der Waals surface area contributed by atoms with Gasteiger partial charge in [-0.25, -0.2) is 0 Å². The Balaban J connectivity index is 1.69. The topological polar surface area (TPSA) is 58.6 Å². The minimum atomic E-state index is -5.12. The van der Waals surface area contributed by atoms with Crippen molar-refractivity contribution in [2.24, 2.45) is 0 Å². The number of allylic oxidation sites excluding steroid dienone is 1. The molecule has 1 N–H and O–H groups in total. The molecule has 0 saturated heterocycles. The number of ether oxygens (including phenoxy) is 1. The average Bonchev–Trinajstić information content (AvgIpc) is 3.33. The van der Waals surface area contributed by atoms with Gasteiger partial charge in [0.1, 0.15) is 11.8 Å². The highest BCUT2D eigenvalue weighted by atomic mass is 32.1. The van der Waals surface area contributed by atoms with E-state index in [9.17, 15) is 22.8 Å². The molecule has 0 saturated carbocycles. The number of alkyl halides is 3. The number of hydrogen-bond acceptors (Lipinski definition) is 5. The van der Waals surface area contributed by atoms with E-state index in [-0.39, 0.29) is 29.4 Å². The predicted molar refractivity (Wildman–Crippen MR) is 132 cm³/mol. The van der Waals surface area contributed by atoms with E-state index in [1.54, 1.807) is 49.7 Å². The number of benzene rings is 2. The van der Waals surface area contributed by atoms with Crippen molar-refractivity contribution in [2.45, 2.75) is 37.9 Å². The molecule has 36 heavy (non-hydrogen) atoms. The molecule has 2 aliphatic rings. The van der Waals surface area contributed by atoms with E-state index < -0.39 is 18.1 Å². The Morgan fingerprint density at radius 3 is 2.50 bits per heavy atom. The van der Waals surface area contributed by atoms with Crippen LogP contribution in [0.5, 0.6) is 5.75 Å². The minimum absolute atomic E-state index is 0.0962. The molecule has 1 aliphatic carbocycles. The Morgan fingerprint density at radius 2 is 1.86 bits per heavy atom. The Hall–Kier alpha value is -3.59. The molecule has 3 aromatic rings. The van der Waals surface area contributed by atoms with Gasteiger partial charge in [-0.15, -0.1) is 11.3 Å². The van der Waals surface area contributed by atoms with Gasteiger partial charge in [0, 0.05) is 22.6 Å². The monoisotopic (exact) mass is 512 g/mol. The van der Waals surface area contributed by atoms with Crippen molar-refractivity contribution in [2.75, 3.05) is 17.3 Å². The number of Topliss-reactive ketones (excluding diaryl/α,β-unsaturated/α-hetero) is 1. The molecule has 1 aromatic heterocycles. The summed E-state index contributed by atoms with van der Waals surface area (Å²) in [6, 6.07) is 14.6. The predicted octanol–water partition coefficient (Wildman–Crippen LogP) is 6.53. The zero-order valence-corrected chi connectivity index (χ0v) is 20.4. The van der Waals surface area contributed by atoms with E-state index in [1.807, 2.05) is 24.3 Å². The van der Waals surface area contributed by atoms with Crippen LogP contribution in [-0.4, -0.2) is 25.0 Å². The van der Waals surface area contributed by atoms with E-state index in [0.717, 1.165) is 10.5 Å². The number of methoxy groups -OCH3 is 1. The largest absolute Gasteiger partial charge is 0.497 e. The zero-order chi connectivity index (χ0) is 25.6. The van der Waals surface area contributed by atoms with Crippen LogP contribution >= 0.6 is 11.3 Å². The molecule has 5 nitrogen and oxygen atoms in total. The third-order valence-electron chi connectivity index (χ3n) is 6.60. The van der Waals surface area contributed by atoms with Gasteiger partial charge in [0.25, 0.3) is 0 Å². The van der Waals surface area contributed by atoms with Crippen LogP contribution in [-0.2, 0) is 9.59 Å². The van der Waals surface area contributed by atoms with Crippen LogP contribution in [0.4, 0.5) is 24.5 Å². The molecule has 9 heteroatoms. The summed E-state index contributed by atoms with van der Waals surface area (Å²) < 4.78 is 47.0. The molecule has 0 radical (unpaired) electrons. The third kappa shape index (κ3) is 4.28. The van der Waals surface area contributed by atoms with Gasteiger partial charge in [-0.3, -0.25) is 14.5 Å². The second-order valence-electron chi connectivity index (χ2n) is 8.93. The van der Waals surface area contributed by atoms with Crippen molar-refractivity contribution in [3.8, 4) is 5.75 Å². The van der Waals surface area contributed by atoms with Crippen molar-refractivity contribution in [1.82, 2.24) is 0 Å². The Kier molecular flexibility index (Phi) is 6.12. The minimum Gasteiger partial charge on any atom is -0.497 e. The number of hydrogen-bond donors (Lipinski definition) is 1. The van der Waals surface area contributed by atoms with Crippen LogP contribution < -0.4 is 15.0 Å². The van der Waals surface area contributed by atoms with Gasteiger partial charge in [0.15, 0.2) is 5.78 Å². The maximum absolute atomic E-state index is 13.9. The van der Waals surface area contributed by atoms with Crippen molar-refractivity contribution in [3.63, 3.8) is 0 Å². The lowest BCUT2D eigenvalue weighted by Crippen LogP contribution is -2.45. The van der Waals surface area contributed by atoms with E-state index in [1.165, 1.54) is 11.3 Å².